The van der Waals surface area contributed by atoms with Crippen molar-refractivity contribution >= 4 is 22.9 Å². The summed E-state index contributed by atoms with van der Waals surface area (Å²) < 4.78 is 3.39. The van der Waals surface area contributed by atoms with Gasteiger partial charge in [0.25, 0.3) is 5.56 Å². The molecule has 0 unspecified atom stereocenters. The molecule has 5 rings (SSSR count). The first kappa shape index (κ1) is 21.8. The molecule has 1 N–H and O–H groups in total. The van der Waals surface area contributed by atoms with Crippen LogP contribution in [0.5, 0.6) is 0 Å². The maximum absolute atomic E-state index is 12.9. The smallest absolute Gasteiger partial charge is 0.253 e. The SMILES string of the molecule is Cc1nn(C)c2[nH]c(=O)c(CCC(=O)N3CCN(c4nnnn4-c4ccccc4)CC3)c(C)c12. The lowest BCUT2D eigenvalue weighted by molar-refractivity contribution is -0.131. The summed E-state index contributed by atoms with van der Waals surface area (Å²) in [5.41, 5.74) is 3.87. The van der Waals surface area contributed by atoms with E-state index >= 15 is 0 Å². The number of tetrazole rings is 1. The Labute approximate surface area is 196 Å². The van der Waals surface area contributed by atoms with Crippen LogP contribution in [0.1, 0.15) is 23.2 Å². The molecule has 0 radical (unpaired) electrons. The summed E-state index contributed by atoms with van der Waals surface area (Å²) in [7, 11) is 1.81. The second kappa shape index (κ2) is 8.73. The minimum Gasteiger partial charge on any atom is -0.339 e. The number of hydrogen-bond acceptors (Lipinski definition) is 7. The molecule has 3 aromatic heterocycles. The molecule has 176 valence electrons. The van der Waals surface area contributed by atoms with Crippen LogP contribution in [-0.2, 0) is 18.3 Å². The second-order valence-electron chi connectivity index (χ2n) is 8.58. The number of piperazine rings is 1. The van der Waals surface area contributed by atoms with E-state index in [1.165, 1.54) is 0 Å². The van der Waals surface area contributed by atoms with Crippen LogP contribution in [0.2, 0.25) is 0 Å². The Kier molecular flexibility index (Phi) is 5.60. The third kappa shape index (κ3) is 3.82. The number of anilines is 1. The fraction of sp³-hybridized carbons (Fsp3) is 0.391. The highest BCUT2D eigenvalue weighted by atomic mass is 16.2. The zero-order valence-corrected chi connectivity index (χ0v) is 19.5. The highest BCUT2D eigenvalue weighted by Gasteiger charge is 2.25. The number of aromatic amines is 1. The lowest BCUT2D eigenvalue weighted by Crippen LogP contribution is -2.49. The first-order valence-electron chi connectivity index (χ1n) is 11.4. The zero-order valence-electron chi connectivity index (χ0n) is 19.5. The van der Waals surface area contributed by atoms with Crippen LogP contribution in [0, 0.1) is 13.8 Å². The predicted molar refractivity (Wildman–Crippen MR) is 127 cm³/mol. The maximum atomic E-state index is 12.9. The summed E-state index contributed by atoms with van der Waals surface area (Å²) in [6.07, 6.45) is 0.688. The van der Waals surface area contributed by atoms with Crippen LogP contribution in [0.3, 0.4) is 0 Å². The second-order valence-corrected chi connectivity index (χ2v) is 8.58. The number of amides is 1. The van der Waals surface area contributed by atoms with Crippen LogP contribution in [0.25, 0.3) is 16.7 Å². The third-order valence-corrected chi connectivity index (χ3v) is 6.51. The van der Waals surface area contributed by atoms with Crippen LogP contribution < -0.4 is 10.5 Å². The molecule has 0 bridgehead atoms. The Morgan fingerprint density at radius 3 is 2.56 bits per heavy atom. The van der Waals surface area contributed by atoms with Crippen molar-refractivity contribution in [2.75, 3.05) is 31.1 Å². The molecule has 1 fully saturated rings. The van der Waals surface area contributed by atoms with Crippen LogP contribution in [0.15, 0.2) is 35.1 Å². The molecule has 1 aromatic carbocycles. The number of carbonyl (C=O) groups is 1. The van der Waals surface area contributed by atoms with E-state index in [1.54, 1.807) is 9.36 Å². The molecule has 1 saturated heterocycles. The molecule has 11 nitrogen and oxygen atoms in total. The molecule has 0 aliphatic carbocycles. The van der Waals surface area contributed by atoms with Crippen molar-refractivity contribution in [3.05, 3.63) is 57.5 Å². The van der Waals surface area contributed by atoms with Gasteiger partial charge in [-0.15, -0.1) is 0 Å². The standard InChI is InChI=1S/C23H27N9O2/c1-15-18(22(34)24-21-20(15)16(2)26-29(21)3)9-10-19(33)30-11-13-31(14-12-30)23-25-27-28-32(23)17-7-5-4-6-8-17/h4-8H,9-14H2,1-3H3,(H,24,34). The number of fused-ring (bicyclic) bond motifs is 1. The van der Waals surface area contributed by atoms with Gasteiger partial charge in [0.05, 0.1) is 11.4 Å². The number of nitrogens with zero attached hydrogens (tertiary/aromatic N) is 8. The average molecular weight is 462 g/mol. The Morgan fingerprint density at radius 1 is 1.09 bits per heavy atom. The number of pyridine rings is 1. The van der Waals surface area contributed by atoms with E-state index in [1.807, 2.05) is 56.1 Å². The van der Waals surface area contributed by atoms with Crippen molar-refractivity contribution in [1.82, 2.24) is 39.9 Å². The van der Waals surface area contributed by atoms with Gasteiger partial charge in [0, 0.05) is 50.6 Å². The molecule has 34 heavy (non-hydrogen) atoms. The lowest BCUT2D eigenvalue weighted by atomic mass is 10.0. The highest BCUT2D eigenvalue weighted by Crippen LogP contribution is 2.22. The molecular formula is C23H27N9O2. The molecule has 1 aliphatic rings. The van der Waals surface area contributed by atoms with Crippen molar-refractivity contribution in [2.24, 2.45) is 7.05 Å². The van der Waals surface area contributed by atoms with Gasteiger partial charge < -0.3 is 14.8 Å². The van der Waals surface area contributed by atoms with Gasteiger partial charge in [0.1, 0.15) is 5.65 Å². The van der Waals surface area contributed by atoms with Crippen molar-refractivity contribution in [2.45, 2.75) is 26.7 Å². The van der Waals surface area contributed by atoms with Crippen molar-refractivity contribution in [3.8, 4) is 5.69 Å². The Hall–Kier alpha value is -4.02. The van der Waals surface area contributed by atoms with E-state index in [0.29, 0.717) is 49.8 Å². The van der Waals surface area contributed by atoms with E-state index in [0.717, 1.165) is 22.3 Å². The number of aryl methyl sites for hydroxylation is 3. The fourth-order valence-electron chi connectivity index (χ4n) is 4.72. The summed E-state index contributed by atoms with van der Waals surface area (Å²) in [5.74, 6) is 0.713. The molecule has 0 atom stereocenters. The van der Waals surface area contributed by atoms with E-state index in [2.05, 4.69) is 30.5 Å². The van der Waals surface area contributed by atoms with Gasteiger partial charge in [-0.3, -0.25) is 14.3 Å². The summed E-state index contributed by atoms with van der Waals surface area (Å²) >= 11 is 0. The predicted octanol–water partition coefficient (Wildman–Crippen LogP) is 1.14. The third-order valence-electron chi connectivity index (χ3n) is 6.51. The molecule has 0 spiro atoms. The number of para-hydroxylation sites is 1. The van der Waals surface area contributed by atoms with Gasteiger partial charge in [-0.05, 0) is 48.4 Å². The number of aromatic nitrogens is 7. The van der Waals surface area contributed by atoms with E-state index in [9.17, 15) is 9.59 Å². The fourth-order valence-corrected chi connectivity index (χ4v) is 4.72. The van der Waals surface area contributed by atoms with Crippen molar-refractivity contribution in [3.63, 3.8) is 0 Å². The summed E-state index contributed by atoms with van der Waals surface area (Å²) in [6.45, 7) is 6.30. The topological polar surface area (TPSA) is 118 Å². The minimum absolute atomic E-state index is 0.0455. The molecule has 1 amide bonds. The molecule has 4 heterocycles. The van der Waals surface area contributed by atoms with E-state index < -0.39 is 0 Å². The first-order valence-corrected chi connectivity index (χ1v) is 11.4. The Morgan fingerprint density at radius 2 is 1.82 bits per heavy atom. The number of rotatable bonds is 5. The first-order chi connectivity index (χ1) is 16.4. The highest BCUT2D eigenvalue weighted by molar-refractivity contribution is 5.83. The monoisotopic (exact) mass is 461 g/mol. The Balaban J connectivity index is 1.24. The van der Waals surface area contributed by atoms with E-state index in [4.69, 9.17) is 0 Å². The van der Waals surface area contributed by atoms with Gasteiger partial charge in [0.15, 0.2) is 0 Å². The number of hydrogen-bond donors (Lipinski definition) is 1. The van der Waals surface area contributed by atoms with Crippen LogP contribution in [-0.4, -0.2) is 72.0 Å². The zero-order chi connectivity index (χ0) is 23.8. The van der Waals surface area contributed by atoms with Crippen molar-refractivity contribution in [1.29, 1.82) is 0 Å². The van der Waals surface area contributed by atoms with Gasteiger partial charge in [-0.1, -0.05) is 23.3 Å². The van der Waals surface area contributed by atoms with E-state index in [-0.39, 0.29) is 17.9 Å². The number of nitrogens with one attached hydrogen (secondary N) is 1. The van der Waals surface area contributed by atoms with Gasteiger partial charge in [0.2, 0.25) is 11.9 Å². The molecular weight excluding hydrogens is 434 g/mol. The molecule has 1 aliphatic heterocycles. The summed E-state index contributed by atoms with van der Waals surface area (Å²) in [5, 5.41) is 17.5. The number of carbonyl (C=O) groups excluding carboxylic acids is 1. The number of H-pyrrole nitrogens is 1. The minimum atomic E-state index is -0.154. The summed E-state index contributed by atoms with van der Waals surface area (Å²) in [6, 6.07) is 9.74. The quantitative estimate of drug-likeness (QED) is 0.473. The van der Waals surface area contributed by atoms with Gasteiger partial charge >= 0.3 is 0 Å². The van der Waals surface area contributed by atoms with Crippen molar-refractivity contribution < 1.29 is 4.79 Å². The van der Waals surface area contributed by atoms with Gasteiger partial charge in [-0.25, -0.2) is 0 Å². The molecule has 4 aromatic rings. The lowest BCUT2D eigenvalue weighted by Gasteiger charge is -2.34. The number of benzene rings is 1. The molecule has 11 heteroatoms. The van der Waals surface area contributed by atoms with Crippen LogP contribution in [0.4, 0.5) is 5.95 Å². The Bertz CT molecular complexity index is 1400. The average Bonchev–Trinajstić information content (AvgIpc) is 3.44. The van der Waals surface area contributed by atoms with Gasteiger partial charge in [-0.2, -0.15) is 9.78 Å². The normalized spacial score (nSPS) is 14.2. The van der Waals surface area contributed by atoms with Crippen LogP contribution >= 0.6 is 0 Å². The largest absolute Gasteiger partial charge is 0.339 e. The maximum Gasteiger partial charge on any atom is 0.253 e. The summed E-state index contributed by atoms with van der Waals surface area (Å²) in [4.78, 5) is 32.5. The molecule has 0 saturated carbocycles.